The molecule has 0 spiro atoms. The number of aliphatic imine (C=N–C) groups is 1. The number of carbonyl (C=O) groups excluding carboxylic acids is 1. The molecule has 0 saturated carbocycles. The minimum atomic E-state index is -0.344. The third-order valence-corrected chi connectivity index (χ3v) is 5.62. The van der Waals surface area contributed by atoms with E-state index < -0.39 is 0 Å². The summed E-state index contributed by atoms with van der Waals surface area (Å²) in [4.78, 5) is 20.6. The molecule has 2 aliphatic rings. The van der Waals surface area contributed by atoms with E-state index in [1.165, 1.54) is 11.1 Å². The summed E-state index contributed by atoms with van der Waals surface area (Å²) < 4.78 is 5.49. The van der Waals surface area contributed by atoms with E-state index in [2.05, 4.69) is 34.2 Å². The first kappa shape index (κ1) is 18.3. The average Bonchev–Trinajstić information content (AvgIpc) is 3.12. The van der Waals surface area contributed by atoms with Gasteiger partial charge in [0.2, 0.25) is 0 Å². The lowest BCUT2D eigenvalue weighted by atomic mass is 10.1. The third-order valence-electron chi connectivity index (χ3n) is 5.62. The predicted molar refractivity (Wildman–Crippen MR) is 110 cm³/mol. The van der Waals surface area contributed by atoms with Crippen molar-refractivity contribution in [3.8, 4) is 5.75 Å². The molecule has 0 saturated heterocycles. The number of amides is 1. The molecule has 0 radical (unpaired) electrons. The molecule has 0 fully saturated rings. The molecule has 1 aliphatic carbocycles. The summed E-state index contributed by atoms with van der Waals surface area (Å²) >= 11 is 0. The van der Waals surface area contributed by atoms with Gasteiger partial charge in [0.25, 0.3) is 0 Å². The Morgan fingerprint density at radius 1 is 1.14 bits per heavy atom. The molecule has 1 heterocycles. The van der Waals surface area contributed by atoms with E-state index in [1.54, 1.807) is 11.0 Å². The van der Waals surface area contributed by atoms with Crippen LogP contribution in [0.3, 0.4) is 0 Å². The van der Waals surface area contributed by atoms with Crippen LogP contribution in [0, 0.1) is 0 Å². The van der Waals surface area contributed by atoms with Crippen molar-refractivity contribution >= 4 is 17.7 Å². The van der Waals surface area contributed by atoms with Crippen LogP contribution in [0.2, 0.25) is 0 Å². The minimum Gasteiger partial charge on any atom is -0.410 e. The second-order valence-corrected chi connectivity index (χ2v) is 7.26. The zero-order valence-corrected chi connectivity index (χ0v) is 16.4. The highest BCUT2D eigenvalue weighted by Crippen LogP contribution is 2.33. The van der Waals surface area contributed by atoms with Crippen molar-refractivity contribution in [3.63, 3.8) is 0 Å². The average molecular weight is 378 g/mol. The van der Waals surface area contributed by atoms with Gasteiger partial charge in [-0.2, -0.15) is 0 Å². The Morgan fingerprint density at radius 3 is 2.46 bits per heavy atom. The first-order chi connectivity index (χ1) is 13.6. The van der Waals surface area contributed by atoms with Gasteiger partial charge >= 0.3 is 6.09 Å². The Labute approximate surface area is 165 Å². The molecular formula is C22H26N4O2. The number of hydrogen-bond acceptors (Lipinski definition) is 5. The molecule has 0 aromatic heterocycles. The van der Waals surface area contributed by atoms with Crippen molar-refractivity contribution < 1.29 is 9.53 Å². The number of fused-ring (bicyclic) bond motifs is 2. The van der Waals surface area contributed by atoms with Crippen molar-refractivity contribution in [1.82, 2.24) is 9.80 Å². The van der Waals surface area contributed by atoms with Crippen LogP contribution >= 0.6 is 0 Å². The minimum absolute atomic E-state index is 0.328. The van der Waals surface area contributed by atoms with Gasteiger partial charge in [0, 0.05) is 31.7 Å². The molecule has 28 heavy (non-hydrogen) atoms. The molecule has 146 valence electrons. The van der Waals surface area contributed by atoms with Crippen LogP contribution in [-0.2, 0) is 19.4 Å². The van der Waals surface area contributed by atoms with E-state index in [0.717, 1.165) is 24.1 Å². The topological polar surface area (TPSA) is 71.2 Å². The molecule has 4 rings (SSSR count). The van der Waals surface area contributed by atoms with Crippen LogP contribution in [0.15, 0.2) is 47.5 Å². The number of nitrogens with zero attached hydrogens (tertiary/aromatic N) is 3. The van der Waals surface area contributed by atoms with E-state index in [0.29, 0.717) is 37.4 Å². The van der Waals surface area contributed by atoms with Gasteiger partial charge in [-0.05, 0) is 49.4 Å². The Bertz CT molecular complexity index is 896. The fourth-order valence-corrected chi connectivity index (χ4v) is 4.02. The molecular weight excluding hydrogens is 352 g/mol. The molecule has 0 unspecified atom stereocenters. The van der Waals surface area contributed by atoms with E-state index in [-0.39, 0.29) is 6.09 Å². The Kier molecular flexibility index (Phi) is 4.94. The maximum atomic E-state index is 12.2. The van der Waals surface area contributed by atoms with Crippen LogP contribution in [0.1, 0.15) is 30.5 Å². The van der Waals surface area contributed by atoms with Gasteiger partial charge in [0.1, 0.15) is 5.75 Å². The molecule has 0 atom stereocenters. The molecule has 6 heteroatoms. The Hall–Kier alpha value is -3.02. The van der Waals surface area contributed by atoms with Gasteiger partial charge in [-0.1, -0.05) is 30.3 Å². The summed E-state index contributed by atoms with van der Waals surface area (Å²) in [6.07, 6.45) is 1.63. The SMILES string of the molecule is CCN(CC)C(=O)Oc1ccc2c(c1)N=C(N)N(C1Cc3ccccc3C1)C2. The fraction of sp³-hybridized carbons (Fsp3) is 0.364. The molecule has 1 amide bonds. The van der Waals surface area contributed by atoms with Crippen molar-refractivity contribution in [2.45, 2.75) is 39.3 Å². The van der Waals surface area contributed by atoms with E-state index >= 15 is 0 Å². The quantitative estimate of drug-likeness (QED) is 0.884. The summed E-state index contributed by atoms with van der Waals surface area (Å²) in [6.45, 7) is 5.80. The van der Waals surface area contributed by atoms with Crippen LogP contribution in [0.25, 0.3) is 0 Å². The fourth-order valence-electron chi connectivity index (χ4n) is 4.02. The number of carbonyl (C=O) groups is 1. The van der Waals surface area contributed by atoms with E-state index in [9.17, 15) is 4.79 Å². The van der Waals surface area contributed by atoms with Crippen molar-refractivity contribution in [3.05, 3.63) is 59.2 Å². The summed E-state index contributed by atoms with van der Waals surface area (Å²) in [5, 5.41) is 0. The van der Waals surface area contributed by atoms with E-state index in [1.807, 2.05) is 26.0 Å². The van der Waals surface area contributed by atoms with Gasteiger partial charge in [0.05, 0.1) is 5.69 Å². The summed E-state index contributed by atoms with van der Waals surface area (Å²) in [6, 6.07) is 14.5. The molecule has 0 bridgehead atoms. The summed E-state index contributed by atoms with van der Waals surface area (Å²) in [5.74, 6) is 1.02. The molecule has 6 nitrogen and oxygen atoms in total. The number of guanidine groups is 1. The van der Waals surface area contributed by atoms with Crippen molar-refractivity contribution in [2.75, 3.05) is 13.1 Å². The molecule has 2 N–H and O–H groups in total. The van der Waals surface area contributed by atoms with Gasteiger partial charge < -0.3 is 20.3 Å². The zero-order valence-electron chi connectivity index (χ0n) is 16.4. The van der Waals surface area contributed by atoms with Crippen LogP contribution < -0.4 is 10.5 Å². The smallest absolute Gasteiger partial charge is 0.410 e. The highest BCUT2D eigenvalue weighted by atomic mass is 16.6. The highest BCUT2D eigenvalue weighted by molar-refractivity contribution is 5.84. The number of hydrogen-bond donors (Lipinski definition) is 1. The van der Waals surface area contributed by atoms with Crippen LogP contribution in [0.5, 0.6) is 5.75 Å². The molecule has 2 aromatic carbocycles. The second-order valence-electron chi connectivity index (χ2n) is 7.26. The molecule has 2 aromatic rings. The van der Waals surface area contributed by atoms with E-state index in [4.69, 9.17) is 10.5 Å². The van der Waals surface area contributed by atoms with Crippen LogP contribution in [0.4, 0.5) is 10.5 Å². The summed E-state index contributed by atoms with van der Waals surface area (Å²) in [7, 11) is 0. The maximum absolute atomic E-state index is 12.2. The van der Waals surface area contributed by atoms with Crippen LogP contribution in [-0.4, -0.2) is 41.0 Å². The highest BCUT2D eigenvalue weighted by Gasteiger charge is 2.30. The lowest BCUT2D eigenvalue weighted by Crippen LogP contribution is -2.46. The predicted octanol–water partition coefficient (Wildman–Crippen LogP) is 3.46. The van der Waals surface area contributed by atoms with Crippen molar-refractivity contribution in [2.24, 2.45) is 10.7 Å². The largest absolute Gasteiger partial charge is 0.415 e. The number of ether oxygens (including phenoxy) is 1. The second kappa shape index (κ2) is 7.54. The lowest BCUT2D eigenvalue weighted by Gasteiger charge is -2.33. The lowest BCUT2D eigenvalue weighted by molar-refractivity contribution is 0.157. The number of rotatable bonds is 4. The Balaban J connectivity index is 1.50. The normalized spacial score (nSPS) is 15.6. The van der Waals surface area contributed by atoms with Gasteiger partial charge in [-0.25, -0.2) is 9.79 Å². The zero-order chi connectivity index (χ0) is 19.7. The first-order valence-corrected chi connectivity index (χ1v) is 9.86. The standard InChI is InChI=1S/C22H26N4O2/c1-3-25(4-2)22(27)28-19-10-9-17-14-26(21(23)24-20(17)13-19)18-11-15-7-5-6-8-16(15)12-18/h5-10,13,18H,3-4,11-12,14H2,1-2H3,(H2,23,24). The summed E-state index contributed by atoms with van der Waals surface area (Å²) in [5.41, 5.74) is 11.0. The van der Waals surface area contributed by atoms with Crippen molar-refractivity contribution in [1.29, 1.82) is 0 Å². The monoisotopic (exact) mass is 378 g/mol. The van der Waals surface area contributed by atoms with Gasteiger partial charge in [0.15, 0.2) is 5.96 Å². The van der Waals surface area contributed by atoms with Gasteiger partial charge in [-0.15, -0.1) is 0 Å². The Morgan fingerprint density at radius 2 is 1.82 bits per heavy atom. The number of benzene rings is 2. The number of nitrogens with two attached hydrogens (primary N) is 1. The molecule has 1 aliphatic heterocycles. The van der Waals surface area contributed by atoms with Gasteiger partial charge in [-0.3, -0.25) is 0 Å². The first-order valence-electron chi connectivity index (χ1n) is 9.86. The maximum Gasteiger partial charge on any atom is 0.415 e. The third kappa shape index (κ3) is 3.42.